The van der Waals surface area contributed by atoms with Crippen molar-refractivity contribution in [2.24, 2.45) is 7.05 Å². The number of hydrogen-bond acceptors (Lipinski definition) is 4. The lowest BCUT2D eigenvalue weighted by Gasteiger charge is -2.12. The van der Waals surface area contributed by atoms with E-state index < -0.39 is 0 Å². The highest BCUT2D eigenvalue weighted by Crippen LogP contribution is 2.27. The molecule has 0 aliphatic rings. The van der Waals surface area contributed by atoms with Crippen molar-refractivity contribution in [3.63, 3.8) is 0 Å². The van der Waals surface area contributed by atoms with Crippen LogP contribution in [-0.2, 0) is 13.6 Å². The van der Waals surface area contributed by atoms with Crippen LogP contribution < -0.4 is 5.62 Å². The number of rotatable bonds is 5. The van der Waals surface area contributed by atoms with E-state index in [1.54, 1.807) is 0 Å². The first kappa shape index (κ1) is 22.1. The molecule has 0 fully saturated rings. The zero-order chi connectivity index (χ0) is 24.0. The van der Waals surface area contributed by atoms with E-state index in [0.717, 1.165) is 33.7 Å². The van der Waals surface area contributed by atoms with Gasteiger partial charge in [0.1, 0.15) is 5.52 Å². The number of nitrogens with one attached hydrogen (secondary N) is 1. The van der Waals surface area contributed by atoms with Crippen molar-refractivity contribution >= 4 is 22.8 Å². The SMILES string of the molecule is Cc1cc(Cl)nn1-c1ccc(Cn2c(=N)n(C)c3cnc(-c4ccccc4C(C)C)nc32)cc1. The number of hydrogen-bond donors (Lipinski definition) is 1. The topological polar surface area (TPSA) is 77.3 Å². The van der Waals surface area contributed by atoms with Gasteiger partial charge >= 0.3 is 0 Å². The van der Waals surface area contributed by atoms with Gasteiger partial charge < -0.3 is 4.57 Å². The summed E-state index contributed by atoms with van der Waals surface area (Å²) < 4.78 is 5.55. The van der Waals surface area contributed by atoms with Gasteiger partial charge in [0.25, 0.3) is 0 Å². The van der Waals surface area contributed by atoms with E-state index in [1.165, 1.54) is 5.56 Å². The molecule has 0 spiro atoms. The van der Waals surface area contributed by atoms with E-state index >= 15 is 0 Å². The average molecular weight is 472 g/mol. The van der Waals surface area contributed by atoms with Gasteiger partial charge in [0.15, 0.2) is 16.6 Å². The Balaban J connectivity index is 1.55. The van der Waals surface area contributed by atoms with Crippen LogP contribution in [0.2, 0.25) is 5.15 Å². The Bertz CT molecular complexity index is 1550. The molecule has 0 saturated carbocycles. The number of aryl methyl sites for hydroxylation is 2. The molecule has 0 bridgehead atoms. The molecule has 5 aromatic rings. The van der Waals surface area contributed by atoms with E-state index in [2.05, 4.69) is 36.1 Å². The van der Waals surface area contributed by atoms with E-state index in [9.17, 15) is 0 Å². The van der Waals surface area contributed by atoms with Gasteiger partial charge in [0.2, 0.25) is 5.62 Å². The smallest absolute Gasteiger partial charge is 0.204 e. The van der Waals surface area contributed by atoms with Crippen LogP contribution in [-0.4, -0.2) is 28.9 Å². The predicted molar refractivity (Wildman–Crippen MR) is 134 cm³/mol. The second-order valence-corrected chi connectivity index (χ2v) is 9.19. The lowest BCUT2D eigenvalue weighted by Crippen LogP contribution is -2.23. The van der Waals surface area contributed by atoms with Crippen molar-refractivity contribution in [2.45, 2.75) is 33.2 Å². The van der Waals surface area contributed by atoms with E-state index in [1.807, 2.05) is 76.4 Å². The summed E-state index contributed by atoms with van der Waals surface area (Å²) >= 11 is 6.04. The minimum Gasteiger partial charge on any atom is -0.311 e. The first-order valence-electron chi connectivity index (χ1n) is 11.2. The van der Waals surface area contributed by atoms with Gasteiger partial charge in [-0.25, -0.2) is 14.6 Å². The second kappa shape index (κ2) is 8.57. The van der Waals surface area contributed by atoms with Crippen molar-refractivity contribution < 1.29 is 0 Å². The third-order valence-corrected chi connectivity index (χ3v) is 6.33. The number of nitrogens with zero attached hydrogens (tertiary/aromatic N) is 6. The van der Waals surface area contributed by atoms with Crippen LogP contribution in [0.3, 0.4) is 0 Å². The Morgan fingerprint density at radius 3 is 2.47 bits per heavy atom. The lowest BCUT2D eigenvalue weighted by atomic mass is 9.97. The van der Waals surface area contributed by atoms with E-state index in [0.29, 0.717) is 29.1 Å². The summed E-state index contributed by atoms with van der Waals surface area (Å²) in [5.41, 5.74) is 7.16. The van der Waals surface area contributed by atoms with Gasteiger partial charge in [-0.2, -0.15) is 5.10 Å². The Morgan fingerprint density at radius 1 is 1.06 bits per heavy atom. The zero-order valence-corrected chi connectivity index (χ0v) is 20.4. The molecule has 7 nitrogen and oxygen atoms in total. The fraction of sp³-hybridized carbons (Fsp3) is 0.231. The number of imidazole rings is 1. The number of benzene rings is 2. The molecule has 8 heteroatoms. The molecule has 0 aliphatic heterocycles. The minimum atomic E-state index is 0.358. The molecule has 0 atom stereocenters. The molecule has 0 unspecified atom stereocenters. The van der Waals surface area contributed by atoms with Gasteiger partial charge in [-0.1, -0.05) is 61.8 Å². The van der Waals surface area contributed by atoms with Crippen LogP contribution >= 0.6 is 11.6 Å². The van der Waals surface area contributed by atoms with E-state index in [-0.39, 0.29) is 0 Å². The predicted octanol–water partition coefficient (Wildman–Crippen LogP) is 5.24. The van der Waals surface area contributed by atoms with Gasteiger partial charge in [0, 0.05) is 18.3 Å². The molecule has 3 aromatic heterocycles. The number of halogens is 1. The molecule has 0 amide bonds. The largest absolute Gasteiger partial charge is 0.311 e. The normalized spacial score (nSPS) is 11.6. The summed E-state index contributed by atoms with van der Waals surface area (Å²) in [5, 5.41) is 13.5. The van der Waals surface area contributed by atoms with Crippen LogP contribution in [0.5, 0.6) is 0 Å². The number of aromatic nitrogens is 6. The zero-order valence-electron chi connectivity index (χ0n) is 19.6. The first-order valence-corrected chi connectivity index (χ1v) is 11.6. The quantitative estimate of drug-likeness (QED) is 0.381. The molecular weight excluding hydrogens is 446 g/mol. The van der Waals surface area contributed by atoms with Crippen molar-refractivity contribution in [2.75, 3.05) is 0 Å². The second-order valence-electron chi connectivity index (χ2n) is 8.80. The highest BCUT2D eigenvalue weighted by Gasteiger charge is 2.16. The molecule has 34 heavy (non-hydrogen) atoms. The third-order valence-electron chi connectivity index (χ3n) is 6.14. The summed E-state index contributed by atoms with van der Waals surface area (Å²) in [6.07, 6.45) is 1.82. The summed E-state index contributed by atoms with van der Waals surface area (Å²) in [4.78, 5) is 9.58. The lowest BCUT2D eigenvalue weighted by molar-refractivity contribution is 0.691. The Morgan fingerprint density at radius 2 is 1.79 bits per heavy atom. The van der Waals surface area contributed by atoms with Crippen LogP contribution in [0.4, 0.5) is 0 Å². The molecule has 3 heterocycles. The van der Waals surface area contributed by atoms with Crippen molar-refractivity contribution in [3.05, 3.63) is 88.4 Å². The minimum absolute atomic E-state index is 0.358. The van der Waals surface area contributed by atoms with Crippen molar-refractivity contribution in [3.8, 4) is 17.1 Å². The monoisotopic (exact) mass is 471 g/mol. The van der Waals surface area contributed by atoms with Gasteiger partial charge in [-0.3, -0.25) is 9.98 Å². The molecule has 0 saturated heterocycles. The molecule has 5 rings (SSSR count). The third kappa shape index (κ3) is 3.82. The van der Waals surface area contributed by atoms with Crippen LogP contribution in [0.1, 0.15) is 36.6 Å². The Labute approximate surface area is 202 Å². The highest BCUT2D eigenvalue weighted by molar-refractivity contribution is 6.29. The summed E-state index contributed by atoms with van der Waals surface area (Å²) in [5.74, 6) is 1.04. The summed E-state index contributed by atoms with van der Waals surface area (Å²) in [7, 11) is 1.87. The average Bonchev–Trinajstić information content (AvgIpc) is 3.30. The van der Waals surface area contributed by atoms with Gasteiger partial charge in [-0.15, -0.1) is 0 Å². The van der Waals surface area contributed by atoms with Crippen LogP contribution in [0, 0.1) is 12.3 Å². The Kier molecular flexibility index (Phi) is 5.57. The maximum Gasteiger partial charge on any atom is 0.204 e. The standard InChI is InChI=1S/C26H26ClN7/c1-16(2)20-7-5-6-8-21(20)24-29-14-22-25(30-24)33(26(28)32(22)4)15-18-9-11-19(12-10-18)34-17(3)13-23(27)31-34/h5-14,16,28H,15H2,1-4H3. The van der Waals surface area contributed by atoms with Crippen LogP contribution in [0.25, 0.3) is 28.2 Å². The van der Waals surface area contributed by atoms with Crippen LogP contribution in [0.15, 0.2) is 60.8 Å². The highest BCUT2D eigenvalue weighted by atomic mass is 35.5. The first-order chi connectivity index (χ1) is 16.3. The fourth-order valence-corrected chi connectivity index (χ4v) is 4.54. The molecule has 0 radical (unpaired) electrons. The summed E-state index contributed by atoms with van der Waals surface area (Å²) in [6, 6.07) is 18.2. The molecular formula is C26H26ClN7. The molecule has 1 N–H and O–H groups in total. The van der Waals surface area contributed by atoms with Crippen molar-refractivity contribution in [1.29, 1.82) is 5.41 Å². The molecule has 2 aromatic carbocycles. The van der Waals surface area contributed by atoms with Gasteiger partial charge in [0.05, 0.1) is 18.4 Å². The number of fused-ring (bicyclic) bond motifs is 1. The van der Waals surface area contributed by atoms with Crippen molar-refractivity contribution in [1.82, 2.24) is 28.9 Å². The molecule has 172 valence electrons. The fourth-order valence-electron chi connectivity index (χ4n) is 4.30. The van der Waals surface area contributed by atoms with Gasteiger partial charge in [-0.05, 0) is 42.2 Å². The maximum absolute atomic E-state index is 8.70. The maximum atomic E-state index is 8.70. The summed E-state index contributed by atoms with van der Waals surface area (Å²) in [6.45, 7) is 6.84. The van der Waals surface area contributed by atoms with E-state index in [4.69, 9.17) is 22.0 Å². The Hall–Kier alpha value is -3.71. The molecule has 0 aliphatic carbocycles.